The number of benzene rings is 1. The number of rotatable bonds is 4. The van der Waals surface area contributed by atoms with Gasteiger partial charge in [-0.15, -0.1) is 0 Å². The number of oxazole rings is 1. The number of carboxylic acid groups (broad SMARTS) is 1. The van der Waals surface area contributed by atoms with Crippen LogP contribution in [0.25, 0.3) is 11.1 Å². The van der Waals surface area contributed by atoms with E-state index in [2.05, 4.69) is 4.98 Å². The van der Waals surface area contributed by atoms with Crippen molar-refractivity contribution < 1.29 is 19.1 Å². The number of hydrogen-bond acceptors (Lipinski definition) is 5. The molecule has 3 aliphatic rings. The summed E-state index contributed by atoms with van der Waals surface area (Å²) in [6, 6.07) is 7.84. The number of anilines is 1. The first-order chi connectivity index (χ1) is 12.1. The third kappa shape index (κ3) is 2.14. The summed E-state index contributed by atoms with van der Waals surface area (Å²) in [5.41, 5.74) is 0.341. The van der Waals surface area contributed by atoms with Crippen LogP contribution in [0.5, 0.6) is 0 Å². The summed E-state index contributed by atoms with van der Waals surface area (Å²) < 4.78 is 5.78. The molecule has 0 bridgehead atoms. The van der Waals surface area contributed by atoms with Gasteiger partial charge in [0.05, 0.1) is 5.92 Å². The highest BCUT2D eigenvalue weighted by atomic mass is 16.4. The molecule has 130 valence electrons. The highest BCUT2D eigenvalue weighted by Crippen LogP contribution is 2.46. The molecule has 1 amide bonds. The van der Waals surface area contributed by atoms with Crippen LogP contribution in [0.15, 0.2) is 28.7 Å². The summed E-state index contributed by atoms with van der Waals surface area (Å²) in [5.74, 6) is -0.906. The van der Waals surface area contributed by atoms with Crippen LogP contribution < -0.4 is 4.90 Å². The molecule has 2 aromatic rings. The number of para-hydroxylation sites is 2. The quantitative estimate of drug-likeness (QED) is 0.909. The fourth-order valence-electron chi connectivity index (χ4n) is 4.22. The molecule has 0 unspecified atom stereocenters. The molecule has 5 rings (SSSR count). The zero-order valence-corrected chi connectivity index (χ0v) is 13.7. The molecular formula is C18H19N3O4. The van der Waals surface area contributed by atoms with Crippen LogP contribution in [0, 0.1) is 17.3 Å². The van der Waals surface area contributed by atoms with Crippen LogP contribution in [-0.4, -0.2) is 53.0 Å². The maximum Gasteiger partial charge on any atom is 0.314 e. The number of aromatic nitrogens is 1. The molecule has 3 heterocycles. The van der Waals surface area contributed by atoms with Crippen LogP contribution in [0.3, 0.4) is 0 Å². The van der Waals surface area contributed by atoms with E-state index in [1.54, 1.807) is 4.90 Å². The number of carboxylic acids is 1. The predicted octanol–water partition coefficient (Wildman–Crippen LogP) is 1.59. The maximum absolute atomic E-state index is 12.8. The monoisotopic (exact) mass is 341 g/mol. The number of hydrogen-bond donors (Lipinski definition) is 1. The standard InChI is InChI=1S/C18H19N3O4/c22-15-12-8-21(17-19-13-3-1-2-4-14(13)25-17)10-18(12,16(23)24)9-20(15)7-11-5-6-11/h1-4,11-12H,5-10H2,(H,23,24)/t12-,18+/m1/s1. The molecule has 1 aromatic heterocycles. The van der Waals surface area contributed by atoms with Crippen molar-refractivity contribution in [1.82, 2.24) is 9.88 Å². The predicted molar refractivity (Wildman–Crippen MR) is 89.1 cm³/mol. The van der Waals surface area contributed by atoms with E-state index in [0.29, 0.717) is 37.1 Å². The van der Waals surface area contributed by atoms with Gasteiger partial charge in [0.2, 0.25) is 5.91 Å². The lowest BCUT2D eigenvalue weighted by molar-refractivity contribution is -0.149. The van der Waals surface area contributed by atoms with Gasteiger partial charge in [0, 0.05) is 26.2 Å². The summed E-state index contributed by atoms with van der Waals surface area (Å²) in [6.07, 6.45) is 2.28. The Morgan fingerprint density at radius 1 is 1.32 bits per heavy atom. The number of carbonyl (C=O) groups is 2. The van der Waals surface area contributed by atoms with Gasteiger partial charge in [0.25, 0.3) is 6.01 Å². The van der Waals surface area contributed by atoms with Gasteiger partial charge >= 0.3 is 5.97 Å². The molecule has 7 nitrogen and oxygen atoms in total. The second-order valence-corrected chi connectivity index (χ2v) is 7.52. The van der Waals surface area contributed by atoms with E-state index in [9.17, 15) is 14.7 Å². The lowest BCUT2D eigenvalue weighted by atomic mass is 9.81. The summed E-state index contributed by atoms with van der Waals surface area (Å²) in [4.78, 5) is 32.9. The zero-order chi connectivity index (χ0) is 17.2. The molecule has 1 N–H and O–H groups in total. The highest BCUT2D eigenvalue weighted by molar-refractivity contribution is 5.93. The number of amides is 1. The van der Waals surface area contributed by atoms with Gasteiger partial charge in [-0.3, -0.25) is 9.59 Å². The molecule has 1 aliphatic carbocycles. The van der Waals surface area contributed by atoms with Crippen molar-refractivity contribution in [1.29, 1.82) is 0 Å². The fourth-order valence-corrected chi connectivity index (χ4v) is 4.22. The van der Waals surface area contributed by atoms with E-state index in [1.807, 2.05) is 29.2 Å². The number of fused-ring (bicyclic) bond motifs is 2. The molecular weight excluding hydrogens is 322 g/mol. The first kappa shape index (κ1) is 14.7. The molecule has 1 aromatic carbocycles. The Bertz CT molecular complexity index is 841. The number of carbonyl (C=O) groups excluding carboxylic acids is 1. The SMILES string of the molecule is O=C1[C@H]2CN(c3nc4ccccc4o3)C[C@@]2(C(=O)O)CN1CC1CC1. The average Bonchev–Trinajstić information content (AvgIpc) is 3.06. The van der Waals surface area contributed by atoms with Crippen LogP contribution in [0.2, 0.25) is 0 Å². The summed E-state index contributed by atoms with van der Waals surface area (Å²) in [7, 11) is 0. The molecule has 25 heavy (non-hydrogen) atoms. The summed E-state index contributed by atoms with van der Waals surface area (Å²) in [6.45, 7) is 1.60. The Labute approximate surface area is 144 Å². The minimum atomic E-state index is -1.06. The van der Waals surface area contributed by atoms with E-state index < -0.39 is 17.3 Å². The average molecular weight is 341 g/mol. The van der Waals surface area contributed by atoms with Crippen molar-refractivity contribution >= 4 is 29.0 Å². The van der Waals surface area contributed by atoms with E-state index in [4.69, 9.17) is 4.42 Å². The van der Waals surface area contributed by atoms with Crippen LogP contribution in [0.1, 0.15) is 12.8 Å². The van der Waals surface area contributed by atoms with Gasteiger partial charge in [0.15, 0.2) is 5.58 Å². The second-order valence-electron chi connectivity index (χ2n) is 7.52. The third-order valence-corrected chi connectivity index (χ3v) is 5.78. The molecule has 1 saturated carbocycles. The lowest BCUT2D eigenvalue weighted by Gasteiger charge is -2.24. The smallest absolute Gasteiger partial charge is 0.314 e. The molecule has 3 fully saturated rings. The van der Waals surface area contributed by atoms with E-state index >= 15 is 0 Å². The van der Waals surface area contributed by atoms with Crippen molar-refractivity contribution in [3.63, 3.8) is 0 Å². The third-order valence-electron chi connectivity index (χ3n) is 5.78. The largest absolute Gasteiger partial charge is 0.481 e. The number of nitrogens with zero attached hydrogens (tertiary/aromatic N) is 3. The lowest BCUT2D eigenvalue weighted by Crippen LogP contribution is -2.41. The molecule has 0 radical (unpaired) electrons. The van der Waals surface area contributed by atoms with E-state index in [-0.39, 0.29) is 12.5 Å². The highest BCUT2D eigenvalue weighted by Gasteiger charge is 2.63. The minimum absolute atomic E-state index is 0.0343. The molecule has 7 heteroatoms. The Morgan fingerprint density at radius 3 is 2.80 bits per heavy atom. The van der Waals surface area contributed by atoms with E-state index in [1.165, 1.54) is 0 Å². The minimum Gasteiger partial charge on any atom is -0.481 e. The maximum atomic E-state index is 12.8. The van der Waals surface area contributed by atoms with Gasteiger partial charge in [-0.05, 0) is 30.9 Å². The molecule has 0 spiro atoms. The molecule has 2 atom stereocenters. The van der Waals surface area contributed by atoms with Crippen molar-refractivity contribution in [3.8, 4) is 0 Å². The zero-order valence-electron chi connectivity index (χ0n) is 13.7. The van der Waals surface area contributed by atoms with Crippen molar-refractivity contribution in [2.45, 2.75) is 12.8 Å². The number of aliphatic carboxylic acids is 1. The summed E-state index contributed by atoms with van der Waals surface area (Å²) >= 11 is 0. The topological polar surface area (TPSA) is 86.9 Å². The number of likely N-dealkylation sites (tertiary alicyclic amines) is 1. The van der Waals surface area contributed by atoms with Gasteiger partial charge in [0.1, 0.15) is 10.9 Å². The Balaban J connectivity index is 1.45. The first-order valence-electron chi connectivity index (χ1n) is 8.69. The normalized spacial score (nSPS) is 28.8. The van der Waals surface area contributed by atoms with Crippen molar-refractivity contribution in [3.05, 3.63) is 24.3 Å². The van der Waals surface area contributed by atoms with Crippen LogP contribution in [-0.2, 0) is 9.59 Å². The fraction of sp³-hybridized carbons (Fsp3) is 0.500. The van der Waals surface area contributed by atoms with Gasteiger partial charge < -0.3 is 19.3 Å². The molecule has 2 aliphatic heterocycles. The van der Waals surface area contributed by atoms with Crippen molar-refractivity contribution in [2.75, 3.05) is 31.1 Å². The Morgan fingerprint density at radius 2 is 2.12 bits per heavy atom. The Kier molecular flexibility index (Phi) is 2.93. The van der Waals surface area contributed by atoms with Crippen LogP contribution in [0.4, 0.5) is 6.01 Å². The molecule has 2 saturated heterocycles. The Hall–Kier alpha value is -2.57. The first-order valence-corrected chi connectivity index (χ1v) is 8.69. The van der Waals surface area contributed by atoms with Crippen molar-refractivity contribution in [2.24, 2.45) is 17.3 Å². The van der Waals surface area contributed by atoms with Gasteiger partial charge in [-0.25, -0.2) is 0 Å². The van der Waals surface area contributed by atoms with E-state index in [0.717, 1.165) is 18.4 Å². The van der Waals surface area contributed by atoms with Gasteiger partial charge in [-0.1, -0.05) is 12.1 Å². The van der Waals surface area contributed by atoms with Gasteiger partial charge in [-0.2, -0.15) is 4.98 Å². The second kappa shape index (κ2) is 4.97. The summed E-state index contributed by atoms with van der Waals surface area (Å²) in [5, 5.41) is 9.91. The van der Waals surface area contributed by atoms with Crippen LogP contribution >= 0.6 is 0 Å².